The van der Waals surface area contributed by atoms with E-state index < -0.39 is 0 Å². The number of carbonyl (C=O) groups is 1. The van der Waals surface area contributed by atoms with Crippen LogP contribution in [-0.4, -0.2) is 12.5 Å². The predicted octanol–water partition coefficient (Wildman–Crippen LogP) is 6.30. The van der Waals surface area contributed by atoms with E-state index in [1.165, 1.54) is 0 Å². The zero-order chi connectivity index (χ0) is 19.6. The SMILES string of the molecule is CCCCCOc1ccccc1C(=O)Nc1ccc(Oc2ccccc2)cc1. The molecule has 1 N–H and O–H groups in total. The summed E-state index contributed by atoms with van der Waals surface area (Å²) in [4.78, 5) is 12.7. The number of rotatable bonds is 9. The molecule has 0 saturated heterocycles. The summed E-state index contributed by atoms with van der Waals surface area (Å²) in [6, 6.07) is 24.2. The number of carbonyl (C=O) groups excluding carboxylic acids is 1. The van der Waals surface area contributed by atoms with E-state index in [4.69, 9.17) is 9.47 Å². The topological polar surface area (TPSA) is 47.6 Å². The van der Waals surface area contributed by atoms with Gasteiger partial charge in [0, 0.05) is 5.69 Å². The number of amides is 1. The molecule has 3 aromatic carbocycles. The fraction of sp³-hybridized carbons (Fsp3) is 0.208. The fourth-order valence-electron chi connectivity index (χ4n) is 2.74. The molecule has 0 aliphatic heterocycles. The Morgan fingerprint density at radius 3 is 2.25 bits per heavy atom. The van der Waals surface area contributed by atoms with Gasteiger partial charge in [-0.1, -0.05) is 50.1 Å². The zero-order valence-electron chi connectivity index (χ0n) is 16.1. The summed E-state index contributed by atoms with van der Waals surface area (Å²) in [6.45, 7) is 2.77. The molecule has 4 heteroatoms. The number of benzene rings is 3. The average molecular weight is 375 g/mol. The molecule has 1 amide bonds. The van der Waals surface area contributed by atoms with Gasteiger partial charge in [-0.05, 0) is 55.0 Å². The Labute approximate surface area is 166 Å². The molecule has 0 aromatic heterocycles. The minimum absolute atomic E-state index is 0.192. The first-order valence-corrected chi connectivity index (χ1v) is 9.62. The molecule has 0 atom stereocenters. The normalized spacial score (nSPS) is 10.3. The molecule has 0 heterocycles. The Morgan fingerprint density at radius 1 is 0.821 bits per heavy atom. The van der Waals surface area contributed by atoms with Crippen molar-refractivity contribution in [3.05, 3.63) is 84.4 Å². The maximum Gasteiger partial charge on any atom is 0.259 e. The summed E-state index contributed by atoms with van der Waals surface area (Å²) >= 11 is 0. The van der Waals surface area contributed by atoms with Crippen molar-refractivity contribution < 1.29 is 14.3 Å². The van der Waals surface area contributed by atoms with Gasteiger partial charge in [0.1, 0.15) is 17.2 Å². The van der Waals surface area contributed by atoms with Crippen molar-refractivity contribution in [2.45, 2.75) is 26.2 Å². The van der Waals surface area contributed by atoms with Gasteiger partial charge in [-0.15, -0.1) is 0 Å². The number of anilines is 1. The van der Waals surface area contributed by atoms with E-state index in [1.54, 1.807) is 6.07 Å². The van der Waals surface area contributed by atoms with Gasteiger partial charge in [0.05, 0.1) is 12.2 Å². The van der Waals surface area contributed by atoms with Gasteiger partial charge in [-0.2, -0.15) is 0 Å². The summed E-state index contributed by atoms with van der Waals surface area (Å²) in [5.41, 5.74) is 1.23. The lowest BCUT2D eigenvalue weighted by atomic mass is 10.1. The maximum absolute atomic E-state index is 12.7. The van der Waals surface area contributed by atoms with Crippen LogP contribution in [0.1, 0.15) is 36.5 Å². The van der Waals surface area contributed by atoms with Gasteiger partial charge in [-0.3, -0.25) is 4.79 Å². The predicted molar refractivity (Wildman–Crippen MR) is 112 cm³/mol. The molecule has 0 saturated carbocycles. The fourth-order valence-corrected chi connectivity index (χ4v) is 2.74. The van der Waals surface area contributed by atoms with Crippen LogP contribution in [0.25, 0.3) is 0 Å². The average Bonchev–Trinajstić information content (AvgIpc) is 2.74. The monoisotopic (exact) mass is 375 g/mol. The van der Waals surface area contributed by atoms with Crippen molar-refractivity contribution in [2.75, 3.05) is 11.9 Å². The molecule has 0 fully saturated rings. The summed E-state index contributed by atoms with van der Waals surface area (Å²) in [5.74, 6) is 1.90. The molecule has 144 valence electrons. The summed E-state index contributed by atoms with van der Waals surface area (Å²) in [6.07, 6.45) is 3.23. The second-order valence-corrected chi connectivity index (χ2v) is 6.45. The van der Waals surface area contributed by atoms with Crippen LogP contribution in [0.5, 0.6) is 17.2 Å². The van der Waals surface area contributed by atoms with Crippen LogP contribution in [0.15, 0.2) is 78.9 Å². The quantitative estimate of drug-likeness (QED) is 0.446. The van der Waals surface area contributed by atoms with E-state index in [0.717, 1.165) is 25.0 Å². The van der Waals surface area contributed by atoms with Gasteiger partial charge in [0.25, 0.3) is 5.91 Å². The minimum Gasteiger partial charge on any atom is -0.493 e. The number of nitrogens with one attached hydrogen (secondary N) is 1. The molecular weight excluding hydrogens is 350 g/mol. The van der Waals surface area contributed by atoms with Crippen LogP contribution in [0.2, 0.25) is 0 Å². The molecule has 0 radical (unpaired) electrons. The molecule has 0 spiro atoms. The Balaban J connectivity index is 1.61. The van der Waals surface area contributed by atoms with E-state index in [-0.39, 0.29) is 5.91 Å². The largest absolute Gasteiger partial charge is 0.493 e. The van der Waals surface area contributed by atoms with Crippen LogP contribution in [0.3, 0.4) is 0 Å². The number of para-hydroxylation sites is 2. The Kier molecular flexibility index (Phi) is 7.08. The first-order chi connectivity index (χ1) is 13.8. The van der Waals surface area contributed by atoms with Crippen LogP contribution in [0, 0.1) is 0 Å². The van der Waals surface area contributed by atoms with Gasteiger partial charge in [0.2, 0.25) is 0 Å². The van der Waals surface area contributed by atoms with Crippen molar-refractivity contribution in [3.63, 3.8) is 0 Å². The lowest BCUT2D eigenvalue weighted by Gasteiger charge is -2.12. The van der Waals surface area contributed by atoms with E-state index in [2.05, 4.69) is 12.2 Å². The number of hydrogen-bond donors (Lipinski definition) is 1. The van der Waals surface area contributed by atoms with E-state index >= 15 is 0 Å². The second-order valence-electron chi connectivity index (χ2n) is 6.45. The number of ether oxygens (including phenoxy) is 2. The molecular formula is C24H25NO3. The molecule has 0 bridgehead atoms. The van der Waals surface area contributed by atoms with Gasteiger partial charge in [0.15, 0.2) is 0 Å². The molecule has 3 aromatic rings. The van der Waals surface area contributed by atoms with Gasteiger partial charge < -0.3 is 14.8 Å². The molecule has 0 aliphatic rings. The minimum atomic E-state index is -0.192. The molecule has 4 nitrogen and oxygen atoms in total. The van der Waals surface area contributed by atoms with Crippen molar-refractivity contribution in [1.82, 2.24) is 0 Å². The smallest absolute Gasteiger partial charge is 0.259 e. The first-order valence-electron chi connectivity index (χ1n) is 9.62. The highest BCUT2D eigenvalue weighted by Gasteiger charge is 2.12. The van der Waals surface area contributed by atoms with Crippen molar-refractivity contribution in [2.24, 2.45) is 0 Å². The van der Waals surface area contributed by atoms with Crippen LogP contribution >= 0.6 is 0 Å². The van der Waals surface area contributed by atoms with E-state index in [9.17, 15) is 4.79 Å². The Bertz CT molecular complexity index is 876. The van der Waals surface area contributed by atoms with E-state index in [1.807, 2.05) is 72.8 Å². The lowest BCUT2D eigenvalue weighted by Crippen LogP contribution is -2.14. The van der Waals surface area contributed by atoms with Gasteiger partial charge in [-0.25, -0.2) is 0 Å². The summed E-state index contributed by atoms with van der Waals surface area (Å²) < 4.78 is 11.6. The molecule has 0 unspecified atom stereocenters. The highest BCUT2D eigenvalue weighted by Crippen LogP contribution is 2.24. The first kappa shape index (κ1) is 19.5. The van der Waals surface area contributed by atoms with Crippen molar-refractivity contribution >= 4 is 11.6 Å². The zero-order valence-corrected chi connectivity index (χ0v) is 16.1. The van der Waals surface area contributed by atoms with Crippen LogP contribution in [0.4, 0.5) is 5.69 Å². The highest BCUT2D eigenvalue weighted by atomic mass is 16.5. The molecule has 0 aliphatic carbocycles. The lowest BCUT2D eigenvalue weighted by molar-refractivity contribution is 0.102. The Morgan fingerprint density at radius 2 is 1.50 bits per heavy atom. The number of hydrogen-bond acceptors (Lipinski definition) is 3. The third-order valence-corrected chi connectivity index (χ3v) is 4.23. The Hall–Kier alpha value is -3.27. The van der Waals surface area contributed by atoms with Crippen molar-refractivity contribution in [3.8, 4) is 17.2 Å². The van der Waals surface area contributed by atoms with Gasteiger partial charge >= 0.3 is 0 Å². The molecule has 3 rings (SSSR count). The number of unbranched alkanes of at least 4 members (excludes halogenated alkanes) is 2. The third-order valence-electron chi connectivity index (χ3n) is 4.23. The third kappa shape index (κ3) is 5.61. The molecule has 28 heavy (non-hydrogen) atoms. The second kappa shape index (κ2) is 10.2. The van der Waals surface area contributed by atoms with Crippen molar-refractivity contribution in [1.29, 1.82) is 0 Å². The highest BCUT2D eigenvalue weighted by molar-refractivity contribution is 6.06. The van der Waals surface area contributed by atoms with Crippen LogP contribution < -0.4 is 14.8 Å². The van der Waals surface area contributed by atoms with E-state index in [0.29, 0.717) is 29.4 Å². The summed E-state index contributed by atoms with van der Waals surface area (Å²) in [7, 11) is 0. The van der Waals surface area contributed by atoms with Crippen LogP contribution in [-0.2, 0) is 0 Å². The standard InChI is InChI=1S/C24H25NO3/c1-2-3-9-18-27-23-13-8-7-12-22(23)24(26)25-19-14-16-21(17-15-19)28-20-10-5-4-6-11-20/h4-8,10-17H,2-3,9,18H2,1H3,(H,25,26). The summed E-state index contributed by atoms with van der Waals surface area (Å²) in [5, 5.41) is 2.92. The maximum atomic E-state index is 12.7.